The van der Waals surface area contributed by atoms with Crippen LogP contribution in [-0.4, -0.2) is 37.0 Å². The summed E-state index contributed by atoms with van der Waals surface area (Å²) in [5.74, 6) is 1.85. The zero-order chi connectivity index (χ0) is 18.2. The molecule has 1 aliphatic rings. The first-order valence-electron chi connectivity index (χ1n) is 9.65. The maximum absolute atomic E-state index is 5.70. The van der Waals surface area contributed by atoms with E-state index in [1.54, 1.807) is 6.26 Å². The Kier molecular flexibility index (Phi) is 6.72. The van der Waals surface area contributed by atoms with E-state index < -0.39 is 0 Å². The first kappa shape index (κ1) is 18.5. The minimum Gasteiger partial charge on any atom is -0.468 e. The Bertz CT molecular complexity index is 663. The Morgan fingerprint density at radius 1 is 1.15 bits per heavy atom. The largest absolute Gasteiger partial charge is 0.468 e. The summed E-state index contributed by atoms with van der Waals surface area (Å²) in [4.78, 5) is 7.35. The number of nitrogens with one attached hydrogen (secondary N) is 2. The summed E-state index contributed by atoms with van der Waals surface area (Å²) in [6.07, 6.45) is 4.26. The third-order valence-corrected chi connectivity index (χ3v) is 4.87. The van der Waals surface area contributed by atoms with Gasteiger partial charge in [0, 0.05) is 6.54 Å². The first-order valence-corrected chi connectivity index (χ1v) is 9.65. The molecule has 2 heterocycles. The molecule has 2 unspecified atom stereocenters. The predicted octanol–water partition coefficient (Wildman–Crippen LogP) is 3.73. The summed E-state index contributed by atoms with van der Waals surface area (Å²) in [5, 5.41) is 6.88. The van der Waals surface area contributed by atoms with Gasteiger partial charge in [-0.1, -0.05) is 30.3 Å². The third kappa shape index (κ3) is 4.88. The number of furan rings is 1. The van der Waals surface area contributed by atoms with Crippen LogP contribution >= 0.6 is 0 Å². The van der Waals surface area contributed by atoms with Crippen LogP contribution in [0.4, 0.5) is 0 Å². The maximum atomic E-state index is 5.70. The van der Waals surface area contributed by atoms with E-state index in [9.17, 15) is 0 Å². The van der Waals surface area contributed by atoms with Crippen molar-refractivity contribution in [3.05, 3.63) is 60.1 Å². The Hall–Kier alpha value is -2.27. The van der Waals surface area contributed by atoms with Crippen molar-refractivity contribution in [1.29, 1.82) is 0 Å². The second-order valence-corrected chi connectivity index (χ2v) is 6.77. The van der Waals surface area contributed by atoms with Gasteiger partial charge in [0.2, 0.25) is 0 Å². The van der Waals surface area contributed by atoms with Gasteiger partial charge in [-0.2, -0.15) is 0 Å². The molecule has 5 nitrogen and oxygen atoms in total. The number of aliphatic imine (C=N–C) groups is 1. The van der Waals surface area contributed by atoms with Crippen molar-refractivity contribution in [2.24, 2.45) is 4.99 Å². The smallest absolute Gasteiger partial charge is 0.191 e. The average molecular weight is 354 g/mol. The molecule has 0 spiro atoms. The number of nitrogens with zero attached hydrogens (tertiary/aromatic N) is 2. The van der Waals surface area contributed by atoms with Crippen molar-refractivity contribution >= 4 is 5.96 Å². The lowest BCUT2D eigenvalue weighted by atomic mass is 10.1. The Morgan fingerprint density at radius 2 is 1.92 bits per heavy atom. The van der Waals surface area contributed by atoms with Crippen molar-refractivity contribution < 1.29 is 4.42 Å². The number of guanidine groups is 1. The van der Waals surface area contributed by atoms with Crippen LogP contribution in [0.1, 0.15) is 50.1 Å². The topological polar surface area (TPSA) is 52.8 Å². The molecular weight excluding hydrogens is 324 g/mol. The average Bonchev–Trinajstić information content (AvgIpc) is 3.37. The van der Waals surface area contributed by atoms with Crippen LogP contribution in [0.25, 0.3) is 0 Å². The Balaban J connectivity index is 1.70. The van der Waals surface area contributed by atoms with E-state index in [0.29, 0.717) is 6.54 Å². The third-order valence-electron chi connectivity index (χ3n) is 4.87. The molecule has 0 saturated carbocycles. The van der Waals surface area contributed by atoms with Crippen LogP contribution in [0.3, 0.4) is 0 Å². The molecule has 26 heavy (non-hydrogen) atoms. The Morgan fingerprint density at radius 3 is 2.58 bits per heavy atom. The fraction of sp³-hybridized carbons (Fsp3) is 0.476. The SMILES string of the molecule is CCNC(=NCC(c1ccco1)N1CCCC1)NC(C)c1ccccc1. The van der Waals surface area contributed by atoms with Gasteiger partial charge in [0.1, 0.15) is 5.76 Å². The second-order valence-electron chi connectivity index (χ2n) is 6.77. The molecule has 1 aromatic heterocycles. The number of benzene rings is 1. The van der Waals surface area contributed by atoms with Crippen molar-refractivity contribution in [1.82, 2.24) is 15.5 Å². The minimum atomic E-state index is 0.197. The molecule has 1 aromatic carbocycles. The monoisotopic (exact) mass is 354 g/mol. The second kappa shape index (κ2) is 9.43. The van der Waals surface area contributed by atoms with E-state index in [-0.39, 0.29) is 12.1 Å². The summed E-state index contributed by atoms with van der Waals surface area (Å²) in [6.45, 7) is 8.00. The lowest BCUT2D eigenvalue weighted by molar-refractivity contribution is 0.221. The van der Waals surface area contributed by atoms with E-state index in [4.69, 9.17) is 9.41 Å². The van der Waals surface area contributed by atoms with Crippen molar-refractivity contribution in [2.75, 3.05) is 26.2 Å². The molecule has 1 fully saturated rings. The molecule has 5 heteroatoms. The molecule has 3 rings (SSSR count). The molecular formula is C21H30N4O. The van der Waals surface area contributed by atoms with Crippen LogP contribution in [0.15, 0.2) is 58.1 Å². The lowest BCUT2D eigenvalue weighted by Crippen LogP contribution is -2.39. The van der Waals surface area contributed by atoms with E-state index >= 15 is 0 Å². The highest BCUT2D eigenvalue weighted by atomic mass is 16.3. The molecule has 0 radical (unpaired) electrons. The van der Waals surface area contributed by atoms with Gasteiger partial charge in [-0.25, -0.2) is 0 Å². The summed E-state index contributed by atoms with van der Waals surface area (Å²) < 4.78 is 5.70. The highest BCUT2D eigenvalue weighted by Crippen LogP contribution is 2.25. The van der Waals surface area contributed by atoms with Crippen LogP contribution in [0, 0.1) is 0 Å². The fourth-order valence-electron chi connectivity index (χ4n) is 3.45. The highest BCUT2D eigenvalue weighted by Gasteiger charge is 2.25. The number of hydrogen-bond acceptors (Lipinski definition) is 3. The van der Waals surface area contributed by atoms with E-state index in [1.807, 2.05) is 12.1 Å². The van der Waals surface area contributed by atoms with Gasteiger partial charge in [0.25, 0.3) is 0 Å². The van der Waals surface area contributed by atoms with Crippen molar-refractivity contribution in [3.63, 3.8) is 0 Å². The van der Waals surface area contributed by atoms with Gasteiger partial charge in [-0.15, -0.1) is 0 Å². The summed E-state index contributed by atoms with van der Waals surface area (Å²) in [7, 11) is 0. The van der Waals surface area contributed by atoms with Gasteiger partial charge in [0.15, 0.2) is 5.96 Å². The number of likely N-dealkylation sites (tertiary alicyclic amines) is 1. The van der Waals surface area contributed by atoms with Gasteiger partial charge in [-0.3, -0.25) is 9.89 Å². The fourth-order valence-corrected chi connectivity index (χ4v) is 3.45. The molecule has 2 atom stereocenters. The molecule has 0 bridgehead atoms. The summed E-state index contributed by atoms with van der Waals surface area (Å²) >= 11 is 0. The van der Waals surface area contributed by atoms with Gasteiger partial charge in [0.05, 0.1) is 24.9 Å². The molecule has 140 valence electrons. The van der Waals surface area contributed by atoms with Crippen LogP contribution in [0.5, 0.6) is 0 Å². The lowest BCUT2D eigenvalue weighted by Gasteiger charge is -2.25. The maximum Gasteiger partial charge on any atom is 0.191 e. The predicted molar refractivity (Wildman–Crippen MR) is 106 cm³/mol. The zero-order valence-corrected chi connectivity index (χ0v) is 15.8. The zero-order valence-electron chi connectivity index (χ0n) is 15.8. The summed E-state index contributed by atoms with van der Waals surface area (Å²) in [6, 6.07) is 14.9. The molecule has 2 N–H and O–H groups in total. The van der Waals surface area contributed by atoms with Crippen LogP contribution in [0.2, 0.25) is 0 Å². The quantitative estimate of drug-likeness (QED) is 0.588. The number of rotatable bonds is 7. The standard InChI is InChI=1S/C21H30N4O/c1-3-22-21(24-17(2)18-10-5-4-6-11-18)23-16-19(20-12-9-15-26-20)25-13-7-8-14-25/h4-6,9-12,15,17,19H,3,7-8,13-14,16H2,1-2H3,(H2,22,23,24). The number of hydrogen-bond donors (Lipinski definition) is 2. The Labute approximate surface area is 156 Å². The van der Waals surface area contributed by atoms with E-state index in [0.717, 1.165) is 31.4 Å². The van der Waals surface area contributed by atoms with Crippen molar-refractivity contribution in [2.45, 2.75) is 38.8 Å². The molecule has 1 saturated heterocycles. The molecule has 1 aliphatic heterocycles. The van der Waals surface area contributed by atoms with Gasteiger partial charge in [-0.05, 0) is 57.5 Å². The first-order chi connectivity index (χ1) is 12.8. The minimum absolute atomic E-state index is 0.197. The van der Waals surface area contributed by atoms with Crippen LogP contribution in [-0.2, 0) is 0 Å². The van der Waals surface area contributed by atoms with E-state index in [2.05, 4.69) is 59.7 Å². The van der Waals surface area contributed by atoms with Crippen molar-refractivity contribution in [3.8, 4) is 0 Å². The summed E-state index contributed by atoms with van der Waals surface area (Å²) in [5.41, 5.74) is 1.25. The van der Waals surface area contributed by atoms with E-state index in [1.165, 1.54) is 18.4 Å². The molecule has 2 aromatic rings. The normalized spacial score (nSPS) is 17.8. The molecule has 0 aliphatic carbocycles. The van der Waals surface area contributed by atoms with Gasteiger partial charge < -0.3 is 15.1 Å². The highest BCUT2D eigenvalue weighted by molar-refractivity contribution is 5.80. The molecule has 0 amide bonds. The van der Waals surface area contributed by atoms with Gasteiger partial charge >= 0.3 is 0 Å². The van der Waals surface area contributed by atoms with Crippen LogP contribution < -0.4 is 10.6 Å².